The van der Waals surface area contributed by atoms with E-state index in [-0.39, 0.29) is 0 Å². The summed E-state index contributed by atoms with van der Waals surface area (Å²) in [5.41, 5.74) is 9.14. The predicted molar refractivity (Wildman–Crippen MR) is 76.3 cm³/mol. The van der Waals surface area contributed by atoms with E-state index in [0.717, 1.165) is 16.9 Å². The Morgan fingerprint density at radius 2 is 2.25 bits per heavy atom. The fourth-order valence-corrected chi connectivity index (χ4v) is 1.79. The van der Waals surface area contributed by atoms with E-state index in [2.05, 4.69) is 15.3 Å². The van der Waals surface area contributed by atoms with E-state index < -0.39 is 5.97 Å². The molecule has 0 radical (unpaired) electrons. The van der Waals surface area contributed by atoms with Crippen LogP contribution in [-0.4, -0.2) is 23.0 Å². The quantitative estimate of drug-likeness (QED) is 0.651. The molecule has 0 bridgehead atoms. The highest BCUT2D eigenvalue weighted by atomic mass is 16.5. The molecule has 2 rings (SSSR count). The zero-order chi connectivity index (χ0) is 14.5. The molecule has 0 aliphatic rings. The summed E-state index contributed by atoms with van der Waals surface area (Å²) in [6, 6.07) is 5.37. The van der Waals surface area contributed by atoms with Crippen LogP contribution < -0.4 is 11.1 Å². The molecule has 20 heavy (non-hydrogen) atoms. The summed E-state index contributed by atoms with van der Waals surface area (Å²) in [6.07, 6.45) is 3.17. The van der Waals surface area contributed by atoms with Gasteiger partial charge >= 0.3 is 5.97 Å². The first-order chi connectivity index (χ1) is 9.61. The van der Waals surface area contributed by atoms with Gasteiger partial charge in [0.15, 0.2) is 0 Å². The van der Waals surface area contributed by atoms with E-state index >= 15 is 0 Å². The van der Waals surface area contributed by atoms with Crippen molar-refractivity contribution in [2.45, 2.75) is 13.5 Å². The Kier molecular flexibility index (Phi) is 4.14. The van der Waals surface area contributed by atoms with Crippen LogP contribution >= 0.6 is 0 Å². The van der Waals surface area contributed by atoms with Crippen molar-refractivity contribution in [1.82, 2.24) is 9.97 Å². The summed E-state index contributed by atoms with van der Waals surface area (Å²) in [4.78, 5) is 19.6. The summed E-state index contributed by atoms with van der Waals surface area (Å²) in [5, 5.41) is 3.19. The molecule has 0 unspecified atom stereocenters. The highest BCUT2D eigenvalue weighted by Crippen LogP contribution is 2.23. The number of anilines is 2. The number of carbonyl (C=O) groups is 1. The number of nitrogens with one attached hydrogen (secondary N) is 1. The summed E-state index contributed by atoms with van der Waals surface area (Å²) in [5.74, 6) is -0.448. The molecule has 0 atom stereocenters. The molecular weight excluding hydrogens is 256 g/mol. The second kappa shape index (κ2) is 6.01. The van der Waals surface area contributed by atoms with E-state index in [0.29, 0.717) is 17.8 Å². The molecule has 104 valence electrons. The topological polar surface area (TPSA) is 90.1 Å². The van der Waals surface area contributed by atoms with E-state index in [1.165, 1.54) is 13.4 Å². The number of ether oxygens (including phenoxy) is 1. The average Bonchev–Trinajstić information content (AvgIpc) is 2.48. The number of nitrogens with two attached hydrogens (primary N) is 1. The number of carbonyl (C=O) groups excluding carboxylic acids is 1. The summed E-state index contributed by atoms with van der Waals surface area (Å²) < 4.78 is 4.72. The second-order valence-electron chi connectivity index (χ2n) is 4.30. The molecule has 0 aliphatic carbocycles. The molecule has 3 N–H and O–H groups in total. The lowest BCUT2D eigenvalue weighted by molar-refractivity contribution is 0.0602. The third-order valence-corrected chi connectivity index (χ3v) is 2.91. The molecule has 0 amide bonds. The van der Waals surface area contributed by atoms with Crippen molar-refractivity contribution in [3.8, 4) is 0 Å². The molecule has 0 saturated carbocycles. The van der Waals surface area contributed by atoms with Crippen molar-refractivity contribution in [1.29, 1.82) is 0 Å². The van der Waals surface area contributed by atoms with Crippen LogP contribution in [0, 0.1) is 6.92 Å². The molecule has 0 fully saturated rings. The van der Waals surface area contributed by atoms with Crippen LogP contribution in [0.5, 0.6) is 0 Å². The Morgan fingerprint density at radius 1 is 1.45 bits per heavy atom. The van der Waals surface area contributed by atoms with Crippen LogP contribution in [0.15, 0.2) is 30.7 Å². The second-order valence-corrected chi connectivity index (χ2v) is 4.30. The first kappa shape index (κ1) is 13.8. The average molecular weight is 272 g/mol. The molecule has 6 nitrogen and oxygen atoms in total. The Morgan fingerprint density at radius 3 is 2.90 bits per heavy atom. The maximum atomic E-state index is 11.7. The minimum absolute atomic E-state index is 0.359. The van der Waals surface area contributed by atoms with Gasteiger partial charge in [0.05, 0.1) is 24.9 Å². The smallest absolute Gasteiger partial charge is 0.340 e. The summed E-state index contributed by atoms with van der Waals surface area (Å²) >= 11 is 0. The lowest BCUT2D eigenvalue weighted by Crippen LogP contribution is -2.09. The van der Waals surface area contributed by atoms with Gasteiger partial charge in [-0.1, -0.05) is 0 Å². The van der Waals surface area contributed by atoms with Gasteiger partial charge in [0, 0.05) is 17.6 Å². The Bertz CT molecular complexity index is 614. The maximum Gasteiger partial charge on any atom is 0.340 e. The van der Waals surface area contributed by atoms with Gasteiger partial charge in [0.25, 0.3) is 0 Å². The monoisotopic (exact) mass is 272 g/mol. The van der Waals surface area contributed by atoms with Gasteiger partial charge in [-0.3, -0.25) is 0 Å². The largest absolute Gasteiger partial charge is 0.465 e. The van der Waals surface area contributed by atoms with Gasteiger partial charge in [-0.2, -0.15) is 0 Å². The van der Waals surface area contributed by atoms with E-state index in [1.807, 2.05) is 19.1 Å². The summed E-state index contributed by atoms with van der Waals surface area (Å²) in [7, 11) is 1.33. The van der Waals surface area contributed by atoms with Crippen molar-refractivity contribution >= 4 is 17.3 Å². The van der Waals surface area contributed by atoms with Crippen LogP contribution in [0.3, 0.4) is 0 Å². The number of methoxy groups -OCH3 is 1. The van der Waals surface area contributed by atoms with Crippen molar-refractivity contribution in [2.75, 3.05) is 18.2 Å². The first-order valence-electron chi connectivity index (χ1n) is 6.09. The van der Waals surface area contributed by atoms with Gasteiger partial charge < -0.3 is 15.8 Å². The van der Waals surface area contributed by atoms with Gasteiger partial charge in [0.1, 0.15) is 6.33 Å². The minimum atomic E-state index is -0.448. The highest BCUT2D eigenvalue weighted by molar-refractivity contribution is 5.97. The Balaban J connectivity index is 2.20. The number of nitrogens with zero attached hydrogens (tertiary/aromatic N) is 2. The first-order valence-corrected chi connectivity index (χ1v) is 6.09. The molecule has 0 spiro atoms. The van der Waals surface area contributed by atoms with Crippen LogP contribution in [0.2, 0.25) is 0 Å². The van der Waals surface area contributed by atoms with Gasteiger partial charge in [-0.05, 0) is 30.7 Å². The molecular formula is C14H16N4O2. The number of benzene rings is 1. The number of rotatable bonds is 4. The maximum absolute atomic E-state index is 11.7. The molecule has 6 heteroatoms. The van der Waals surface area contributed by atoms with Gasteiger partial charge in [0.2, 0.25) is 0 Å². The fraction of sp³-hybridized carbons (Fsp3) is 0.214. The number of esters is 1. The van der Waals surface area contributed by atoms with Gasteiger partial charge in [-0.25, -0.2) is 14.8 Å². The van der Waals surface area contributed by atoms with Crippen LogP contribution in [0.4, 0.5) is 11.4 Å². The standard InChI is InChI=1S/C14H16N4O2/c1-9-5-11(6-12(13(9)15)14(19)20-2)17-7-10-3-4-16-8-18-10/h3-6,8,17H,7,15H2,1-2H3. The normalized spacial score (nSPS) is 10.1. The zero-order valence-corrected chi connectivity index (χ0v) is 11.4. The van der Waals surface area contributed by atoms with Crippen molar-refractivity contribution < 1.29 is 9.53 Å². The van der Waals surface area contributed by atoms with Crippen molar-refractivity contribution in [3.05, 3.63) is 47.5 Å². The molecule has 1 aromatic heterocycles. The molecule has 0 saturated heterocycles. The molecule has 1 heterocycles. The Labute approximate surface area is 117 Å². The lowest BCUT2D eigenvalue weighted by Gasteiger charge is -2.12. The number of aromatic nitrogens is 2. The number of hydrogen-bond acceptors (Lipinski definition) is 6. The van der Waals surface area contributed by atoms with E-state index in [1.54, 1.807) is 12.3 Å². The van der Waals surface area contributed by atoms with Crippen LogP contribution in [0.25, 0.3) is 0 Å². The third-order valence-electron chi connectivity index (χ3n) is 2.91. The SMILES string of the molecule is COC(=O)c1cc(NCc2ccncn2)cc(C)c1N. The third kappa shape index (κ3) is 3.03. The molecule has 2 aromatic rings. The van der Waals surface area contributed by atoms with Crippen LogP contribution in [0.1, 0.15) is 21.6 Å². The number of aryl methyl sites for hydroxylation is 1. The highest BCUT2D eigenvalue weighted by Gasteiger charge is 2.13. The van der Waals surface area contributed by atoms with Crippen molar-refractivity contribution in [2.24, 2.45) is 0 Å². The van der Waals surface area contributed by atoms with E-state index in [4.69, 9.17) is 10.5 Å². The predicted octanol–water partition coefficient (Wildman–Crippen LogP) is 1.77. The van der Waals surface area contributed by atoms with Gasteiger partial charge in [-0.15, -0.1) is 0 Å². The number of nitrogen functional groups attached to an aromatic ring is 1. The lowest BCUT2D eigenvalue weighted by atomic mass is 10.1. The molecule has 1 aromatic carbocycles. The Hall–Kier alpha value is -2.63. The minimum Gasteiger partial charge on any atom is -0.465 e. The summed E-state index contributed by atoms with van der Waals surface area (Å²) in [6.45, 7) is 2.38. The number of hydrogen-bond donors (Lipinski definition) is 2. The zero-order valence-electron chi connectivity index (χ0n) is 11.4. The van der Waals surface area contributed by atoms with Crippen molar-refractivity contribution in [3.63, 3.8) is 0 Å². The molecule has 0 aliphatic heterocycles. The van der Waals surface area contributed by atoms with E-state index in [9.17, 15) is 4.79 Å². The van der Waals surface area contributed by atoms with Crippen LogP contribution in [-0.2, 0) is 11.3 Å². The fourth-order valence-electron chi connectivity index (χ4n) is 1.79.